The Morgan fingerprint density at radius 2 is 1.62 bits per heavy atom. The predicted molar refractivity (Wildman–Crippen MR) is 126 cm³/mol. The summed E-state index contributed by atoms with van der Waals surface area (Å²) in [6, 6.07) is 22.3. The minimum absolute atomic E-state index is 0.245. The molecule has 0 unspecified atom stereocenters. The lowest BCUT2D eigenvalue weighted by Crippen LogP contribution is -2.25. The fourth-order valence-corrected chi connectivity index (χ4v) is 4.66. The molecule has 1 aromatic heterocycles. The second kappa shape index (κ2) is 9.16. The Labute approximate surface area is 195 Å². The first-order valence-corrected chi connectivity index (χ1v) is 11.9. The van der Waals surface area contributed by atoms with Crippen molar-refractivity contribution in [1.29, 1.82) is 0 Å². The number of nitrogens with one attached hydrogen (secondary N) is 1. The van der Waals surface area contributed by atoms with Gasteiger partial charge in [0.05, 0.1) is 5.69 Å². The average molecular weight is 486 g/mol. The van der Waals surface area contributed by atoms with Crippen molar-refractivity contribution in [3.8, 4) is 16.9 Å². The SMILES string of the molecule is O=C(CS(=O)(=O)c1nc(-c2ccccc2)cn1-c1cccc(Cl)c1)Nc1ccc(Cl)cc1. The second-order valence-corrected chi connectivity index (χ2v) is 9.69. The average Bonchev–Trinajstić information content (AvgIpc) is 3.22. The number of nitrogens with zero attached hydrogens (tertiary/aromatic N) is 2. The second-order valence-electron chi connectivity index (χ2n) is 6.94. The molecule has 1 amide bonds. The van der Waals surface area contributed by atoms with Gasteiger partial charge in [-0.2, -0.15) is 0 Å². The maximum atomic E-state index is 13.2. The molecular formula is C23H17Cl2N3O3S. The van der Waals surface area contributed by atoms with Gasteiger partial charge in [0.1, 0.15) is 5.75 Å². The van der Waals surface area contributed by atoms with Crippen molar-refractivity contribution in [2.45, 2.75) is 5.16 Å². The van der Waals surface area contributed by atoms with Crippen molar-refractivity contribution >= 4 is 44.6 Å². The molecule has 0 aliphatic rings. The van der Waals surface area contributed by atoms with Crippen LogP contribution in [0.4, 0.5) is 5.69 Å². The fraction of sp³-hybridized carbons (Fsp3) is 0.0435. The highest BCUT2D eigenvalue weighted by Gasteiger charge is 2.27. The molecule has 6 nitrogen and oxygen atoms in total. The van der Waals surface area contributed by atoms with Gasteiger partial charge >= 0.3 is 0 Å². The molecule has 4 aromatic rings. The third-order valence-electron chi connectivity index (χ3n) is 4.56. The molecule has 0 radical (unpaired) electrons. The van der Waals surface area contributed by atoms with Crippen molar-refractivity contribution in [3.63, 3.8) is 0 Å². The van der Waals surface area contributed by atoms with E-state index in [4.69, 9.17) is 23.2 Å². The summed E-state index contributed by atoms with van der Waals surface area (Å²) in [4.78, 5) is 16.8. The van der Waals surface area contributed by atoms with Gasteiger partial charge in [-0.05, 0) is 42.5 Å². The van der Waals surface area contributed by atoms with Crippen LogP contribution in [0.25, 0.3) is 16.9 Å². The molecule has 0 spiro atoms. The van der Waals surface area contributed by atoms with Crippen LogP contribution in [0, 0.1) is 0 Å². The fourth-order valence-electron chi connectivity index (χ4n) is 3.11. The maximum Gasteiger partial charge on any atom is 0.240 e. The predicted octanol–water partition coefficient (Wildman–Crippen LogP) is 5.26. The van der Waals surface area contributed by atoms with Crippen LogP contribution >= 0.6 is 23.2 Å². The Bertz CT molecular complexity index is 1370. The molecule has 0 bridgehead atoms. The highest BCUT2D eigenvalue weighted by molar-refractivity contribution is 7.92. The van der Waals surface area contributed by atoms with Crippen LogP contribution < -0.4 is 5.32 Å². The number of anilines is 1. The van der Waals surface area contributed by atoms with Crippen molar-refractivity contribution in [2.24, 2.45) is 0 Å². The van der Waals surface area contributed by atoms with E-state index < -0.39 is 21.5 Å². The molecule has 3 aromatic carbocycles. The van der Waals surface area contributed by atoms with Crippen LogP contribution in [-0.4, -0.2) is 29.6 Å². The van der Waals surface area contributed by atoms with E-state index in [2.05, 4.69) is 10.3 Å². The Hall–Kier alpha value is -3.13. The highest BCUT2D eigenvalue weighted by atomic mass is 35.5. The summed E-state index contributed by atoms with van der Waals surface area (Å²) in [7, 11) is -4.10. The van der Waals surface area contributed by atoms with Crippen LogP contribution in [0.3, 0.4) is 0 Å². The summed E-state index contributed by atoms with van der Waals surface area (Å²) in [6.45, 7) is 0. The van der Waals surface area contributed by atoms with Gasteiger partial charge in [-0.15, -0.1) is 0 Å². The lowest BCUT2D eigenvalue weighted by molar-refractivity contribution is -0.113. The van der Waals surface area contributed by atoms with E-state index in [1.807, 2.05) is 30.3 Å². The Morgan fingerprint density at radius 1 is 0.906 bits per heavy atom. The third kappa shape index (κ3) is 5.02. The molecule has 32 heavy (non-hydrogen) atoms. The summed E-state index contributed by atoms with van der Waals surface area (Å²) in [5, 5.41) is 3.27. The van der Waals surface area contributed by atoms with Gasteiger partial charge in [0.2, 0.25) is 20.9 Å². The van der Waals surface area contributed by atoms with Crippen LogP contribution in [-0.2, 0) is 14.6 Å². The number of amides is 1. The van der Waals surface area contributed by atoms with Crippen LogP contribution in [0.2, 0.25) is 10.0 Å². The summed E-state index contributed by atoms with van der Waals surface area (Å²) in [5.74, 6) is -1.46. The number of sulfone groups is 1. The van der Waals surface area contributed by atoms with Gasteiger partial charge in [0.15, 0.2) is 0 Å². The first-order chi connectivity index (χ1) is 15.3. The monoisotopic (exact) mass is 485 g/mol. The van der Waals surface area contributed by atoms with Gasteiger partial charge in [-0.3, -0.25) is 9.36 Å². The van der Waals surface area contributed by atoms with Crippen molar-refractivity contribution in [2.75, 3.05) is 11.1 Å². The quantitative estimate of drug-likeness (QED) is 0.403. The molecule has 162 valence electrons. The molecule has 1 N–H and O–H groups in total. The number of benzene rings is 3. The van der Waals surface area contributed by atoms with E-state index in [1.165, 1.54) is 4.57 Å². The normalized spacial score (nSPS) is 11.3. The van der Waals surface area contributed by atoms with Crippen LogP contribution in [0.5, 0.6) is 0 Å². The van der Waals surface area contributed by atoms with E-state index in [0.717, 1.165) is 5.56 Å². The topological polar surface area (TPSA) is 81.1 Å². The number of hydrogen-bond acceptors (Lipinski definition) is 4. The summed E-state index contributed by atoms with van der Waals surface area (Å²) in [6.07, 6.45) is 1.62. The maximum absolute atomic E-state index is 13.2. The summed E-state index contributed by atoms with van der Waals surface area (Å²) < 4.78 is 27.9. The molecular weight excluding hydrogens is 469 g/mol. The lowest BCUT2D eigenvalue weighted by atomic mass is 10.2. The summed E-state index contributed by atoms with van der Waals surface area (Å²) in [5.41, 5.74) is 2.17. The third-order valence-corrected chi connectivity index (χ3v) is 6.53. The van der Waals surface area contributed by atoms with Crippen molar-refractivity contribution in [3.05, 3.63) is 95.1 Å². The van der Waals surface area contributed by atoms with Crippen molar-refractivity contribution < 1.29 is 13.2 Å². The highest BCUT2D eigenvalue weighted by Crippen LogP contribution is 2.26. The largest absolute Gasteiger partial charge is 0.325 e. The minimum Gasteiger partial charge on any atom is -0.325 e. The molecule has 0 aliphatic heterocycles. The minimum atomic E-state index is -4.10. The van der Waals surface area contributed by atoms with Gasteiger partial charge in [-0.25, -0.2) is 13.4 Å². The Kier molecular flexibility index (Phi) is 6.32. The molecule has 4 rings (SSSR count). The molecule has 0 saturated carbocycles. The van der Waals surface area contributed by atoms with E-state index in [9.17, 15) is 13.2 Å². The van der Waals surface area contributed by atoms with Crippen molar-refractivity contribution in [1.82, 2.24) is 9.55 Å². The number of aromatic nitrogens is 2. The lowest BCUT2D eigenvalue weighted by Gasteiger charge is -2.09. The number of hydrogen-bond donors (Lipinski definition) is 1. The van der Waals surface area contributed by atoms with Gasteiger partial charge in [0, 0.05) is 33.2 Å². The molecule has 1 heterocycles. The zero-order valence-electron chi connectivity index (χ0n) is 16.6. The van der Waals surface area contributed by atoms with Crippen LogP contribution in [0.1, 0.15) is 0 Å². The van der Waals surface area contributed by atoms with E-state index >= 15 is 0 Å². The van der Waals surface area contributed by atoms with Gasteiger partial charge < -0.3 is 5.32 Å². The first kappa shape index (κ1) is 22.1. The molecule has 0 fully saturated rings. The van der Waals surface area contributed by atoms with E-state index in [0.29, 0.717) is 27.1 Å². The first-order valence-electron chi connectivity index (χ1n) is 9.51. The standard InChI is InChI=1S/C23H17Cl2N3O3S/c24-17-9-11-19(12-10-17)26-22(29)15-32(30,31)23-27-21(16-5-2-1-3-6-16)14-28(23)20-8-4-7-18(25)13-20/h1-14H,15H2,(H,26,29). The molecule has 0 saturated heterocycles. The van der Waals surface area contributed by atoms with E-state index in [1.54, 1.807) is 54.7 Å². The molecule has 0 aliphatic carbocycles. The Balaban J connectivity index is 1.70. The number of halogens is 2. The molecule has 0 atom stereocenters. The number of rotatable bonds is 6. The molecule has 9 heteroatoms. The van der Waals surface area contributed by atoms with Gasteiger partial charge in [0.25, 0.3) is 0 Å². The number of carbonyl (C=O) groups is 1. The zero-order valence-corrected chi connectivity index (χ0v) is 18.9. The summed E-state index contributed by atoms with van der Waals surface area (Å²) >= 11 is 12.0. The van der Waals surface area contributed by atoms with Crippen LogP contribution in [0.15, 0.2) is 90.2 Å². The Morgan fingerprint density at radius 3 is 2.31 bits per heavy atom. The van der Waals surface area contributed by atoms with Gasteiger partial charge in [-0.1, -0.05) is 59.6 Å². The van der Waals surface area contributed by atoms with E-state index in [-0.39, 0.29) is 5.16 Å². The zero-order chi connectivity index (χ0) is 22.7. The number of imidazole rings is 1. The smallest absolute Gasteiger partial charge is 0.240 e. The number of carbonyl (C=O) groups excluding carboxylic acids is 1.